The van der Waals surface area contributed by atoms with Gasteiger partial charge in [-0.3, -0.25) is 4.79 Å². The molecule has 338 valence electrons. The van der Waals surface area contributed by atoms with Gasteiger partial charge in [0.1, 0.15) is 12.1 Å². The number of methoxy groups -OCH3 is 1. The van der Waals surface area contributed by atoms with Gasteiger partial charge in [-0.1, -0.05) is 186 Å². The molecule has 0 radical (unpaired) electrons. The lowest BCUT2D eigenvalue weighted by Crippen LogP contribution is -2.09. The van der Waals surface area contributed by atoms with E-state index >= 15 is 0 Å². The van der Waals surface area contributed by atoms with Crippen LogP contribution in [0.3, 0.4) is 0 Å². The molecule has 0 aromatic heterocycles. The van der Waals surface area contributed by atoms with Crippen LogP contribution in [0.25, 0.3) is 0 Å². The second kappa shape index (κ2) is 50.0. The van der Waals surface area contributed by atoms with Crippen LogP contribution in [0.2, 0.25) is 0 Å². The third-order valence-corrected chi connectivity index (χ3v) is 10.5. The molecule has 0 aromatic rings. The molecule has 4 fully saturated rings. The fraction of sp³-hybridized carbons (Fsp3) is 0.923. The summed E-state index contributed by atoms with van der Waals surface area (Å²) in [6.45, 7) is 27.3. The number of carbonyl (C=O) groups excluding carboxylic acids is 2. The van der Waals surface area contributed by atoms with Gasteiger partial charge in [-0.2, -0.15) is 0 Å². The minimum atomic E-state index is 0.406. The zero-order chi connectivity index (χ0) is 43.2. The predicted octanol–water partition coefficient (Wildman–Crippen LogP) is 17.1. The number of allylic oxidation sites excluding steroid dienone is 1. The second-order valence-electron chi connectivity index (χ2n) is 18.6. The summed E-state index contributed by atoms with van der Waals surface area (Å²) in [5, 5.41) is 8.69. The summed E-state index contributed by atoms with van der Waals surface area (Å²) in [6.07, 6.45) is 38.4. The highest BCUT2D eigenvalue weighted by atomic mass is 16.5. The second-order valence-corrected chi connectivity index (χ2v) is 18.6. The molecule has 0 atom stereocenters. The van der Waals surface area contributed by atoms with Gasteiger partial charge in [-0.15, -0.1) is 0 Å². The first kappa shape index (κ1) is 61.5. The zero-order valence-corrected chi connectivity index (χ0v) is 40.8. The van der Waals surface area contributed by atoms with Crippen molar-refractivity contribution in [3.8, 4) is 0 Å². The molecular weight excluding hydrogens is 689 g/mol. The molecule has 4 aliphatic rings. The monoisotopic (exact) mass is 795 g/mol. The SMILES string of the molecule is CCCC(C)C.CCCC(C)C.CCCC(C)C.CCCC(C)C.COC=C1CCCCC1.O=C1CCCCC1.O=CC1CCCCC1.OCC1CCCCC1. The van der Waals surface area contributed by atoms with E-state index < -0.39 is 0 Å². The Morgan fingerprint density at radius 1 is 0.536 bits per heavy atom. The standard InChI is InChI=1S/C8H14O.C7H14O.C7H12O.C6H10O.4C6H14/c1-9-7-8-5-3-2-4-6-8;2*8-6-7-4-2-1-3-5-7;7-6-4-2-1-3-5-6;4*1-4-5-6(2)3/h7H,2-6H2,1H3;7-8H,1-6H2;6-7H,1-5H2;1-5H2;4*6H,4-5H2,1-3H3. The molecule has 1 N–H and O–H groups in total. The molecule has 0 unspecified atom stereocenters. The molecule has 4 nitrogen and oxygen atoms in total. The van der Waals surface area contributed by atoms with Crippen molar-refractivity contribution in [3.63, 3.8) is 0 Å². The number of carbonyl (C=O) groups is 2. The van der Waals surface area contributed by atoms with Crippen molar-refractivity contribution in [1.29, 1.82) is 0 Å². The van der Waals surface area contributed by atoms with Crippen LogP contribution >= 0.6 is 0 Å². The molecule has 56 heavy (non-hydrogen) atoms. The van der Waals surface area contributed by atoms with Crippen LogP contribution in [0.5, 0.6) is 0 Å². The third kappa shape index (κ3) is 57.2. The maximum atomic E-state index is 10.5. The van der Waals surface area contributed by atoms with Crippen molar-refractivity contribution < 1.29 is 19.4 Å². The summed E-state index contributed by atoms with van der Waals surface area (Å²) in [5.41, 5.74) is 1.49. The van der Waals surface area contributed by atoms with E-state index in [2.05, 4.69) is 83.1 Å². The number of aliphatic hydroxyl groups excluding tert-OH is 1. The van der Waals surface area contributed by atoms with Crippen LogP contribution in [0.15, 0.2) is 11.8 Å². The molecule has 4 rings (SSSR count). The van der Waals surface area contributed by atoms with Gasteiger partial charge in [-0.05, 0) is 99.4 Å². The number of hydrogen-bond donors (Lipinski definition) is 1. The molecule has 0 amide bonds. The molecule has 0 heterocycles. The molecule has 0 bridgehead atoms. The van der Waals surface area contributed by atoms with Crippen LogP contribution in [-0.2, 0) is 14.3 Å². The first-order chi connectivity index (χ1) is 26.8. The van der Waals surface area contributed by atoms with Gasteiger partial charge in [0.25, 0.3) is 0 Å². The lowest BCUT2D eigenvalue weighted by molar-refractivity contribution is -0.120. The Morgan fingerprint density at radius 2 is 0.857 bits per heavy atom. The van der Waals surface area contributed by atoms with Crippen LogP contribution in [0.1, 0.15) is 263 Å². The molecule has 0 aromatic carbocycles. The maximum absolute atomic E-state index is 10.5. The fourth-order valence-electron chi connectivity index (χ4n) is 7.19. The lowest BCUT2D eigenvalue weighted by Gasteiger charge is -2.18. The number of aldehydes is 1. The Bertz CT molecular complexity index is 716. The molecule has 4 aliphatic carbocycles. The Hall–Kier alpha value is -1.16. The van der Waals surface area contributed by atoms with E-state index in [0.717, 1.165) is 68.5 Å². The first-order valence-electron chi connectivity index (χ1n) is 24.6. The van der Waals surface area contributed by atoms with Crippen molar-refractivity contribution in [2.45, 2.75) is 263 Å². The Labute approximate surface area is 354 Å². The predicted molar refractivity (Wildman–Crippen MR) is 252 cm³/mol. The van der Waals surface area contributed by atoms with E-state index in [-0.39, 0.29) is 0 Å². The minimum absolute atomic E-state index is 0.406. The highest BCUT2D eigenvalue weighted by Crippen LogP contribution is 2.23. The topological polar surface area (TPSA) is 63.6 Å². The molecule has 4 saturated carbocycles. The first-order valence-corrected chi connectivity index (χ1v) is 24.6. The average Bonchev–Trinajstić information content (AvgIpc) is 3.18. The molecule has 4 heteroatoms. The number of hydrogen-bond acceptors (Lipinski definition) is 4. The smallest absolute Gasteiger partial charge is 0.132 e. The van der Waals surface area contributed by atoms with E-state index in [1.807, 2.05) is 6.26 Å². The van der Waals surface area contributed by atoms with Crippen LogP contribution in [0.4, 0.5) is 0 Å². The fourth-order valence-corrected chi connectivity index (χ4v) is 7.19. The van der Waals surface area contributed by atoms with E-state index in [1.54, 1.807) is 7.11 Å². The highest BCUT2D eigenvalue weighted by Gasteiger charge is 2.11. The largest absolute Gasteiger partial charge is 0.504 e. The van der Waals surface area contributed by atoms with Crippen LogP contribution in [0, 0.1) is 35.5 Å². The summed E-state index contributed by atoms with van der Waals surface area (Å²) in [6, 6.07) is 0. The molecule has 0 saturated heterocycles. The normalized spacial score (nSPS) is 16.9. The van der Waals surface area contributed by atoms with Crippen LogP contribution in [-0.4, -0.2) is 30.9 Å². The molecule has 0 spiro atoms. The maximum Gasteiger partial charge on any atom is 0.132 e. The average molecular weight is 795 g/mol. The van der Waals surface area contributed by atoms with Gasteiger partial charge in [0.15, 0.2) is 0 Å². The third-order valence-electron chi connectivity index (χ3n) is 10.5. The lowest BCUT2D eigenvalue weighted by atomic mass is 9.90. The van der Waals surface area contributed by atoms with E-state index in [4.69, 9.17) is 9.84 Å². The van der Waals surface area contributed by atoms with E-state index in [9.17, 15) is 9.59 Å². The van der Waals surface area contributed by atoms with E-state index in [0.29, 0.717) is 24.2 Å². The van der Waals surface area contributed by atoms with Gasteiger partial charge >= 0.3 is 0 Å². The Balaban J connectivity index is -0.000000278. The van der Waals surface area contributed by atoms with Crippen molar-refractivity contribution in [2.75, 3.05) is 13.7 Å². The Morgan fingerprint density at radius 3 is 1.05 bits per heavy atom. The Kier molecular flexibility index (Phi) is 54.9. The molecular formula is C52H106O4. The summed E-state index contributed by atoms with van der Waals surface area (Å²) in [4.78, 5) is 20.6. The van der Waals surface area contributed by atoms with Crippen molar-refractivity contribution in [2.24, 2.45) is 35.5 Å². The molecule has 0 aliphatic heterocycles. The van der Waals surface area contributed by atoms with Crippen molar-refractivity contribution >= 4 is 12.1 Å². The number of rotatable bonds is 11. The van der Waals surface area contributed by atoms with E-state index in [1.165, 1.54) is 147 Å². The van der Waals surface area contributed by atoms with Crippen molar-refractivity contribution in [3.05, 3.63) is 11.8 Å². The number of aliphatic hydroxyl groups is 1. The number of ketones is 1. The van der Waals surface area contributed by atoms with Gasteiger partial charge in [0.05, 0.1) is 13.4 Å². The zero-order valence-electron chi connectivity index (χ0n) is 40.8. The van der Waals surface area contributed by atoms with Gasteiger partial charge in [-0.25, -0.2) is 0 Å². The summed E-state index contributed by atoms with van der Waals surface area (Å²) >= 11 is 0. The van der Waals surface area contributed by atoms with Gasteiger partial charge < -0.3 is 14.6 Å². The minimum Gasteiger partial charge on any atom is -0.504 e. The highest BCUT2D eigenvalue weighted by molar-refractivity contribution is 5.78. The number of Topliss-reactive ketones (excluding diaryl/α,β-unsaturated/α-hetero) is 1. The summed E-state index contributed by atoms with van der Waals surface area (Å²) < 4.78 is 4.92. The number of ether oxygens (including phenoxy) is 1. The van der Waals surface area contributed by atoms with Crippen LogP contribution < -0.4 is 0 Å². The summed E-state index contributed by atoms with van der Waals surface area (Å²) in [5.74, 6) is 5.11. The van der Waals surface area contributed by atoms with Gasteiger partial charge in [0.2, 0.25) is 0 Å². The summed E-state index contributed by atoms with van der Waals surface area (Å²) in [7, 11) is 1.72. The van der Waals surface area contributed by atoms with Crippen molar-refractivity contribution in [1.82, 2.24) is 0 Å². The van der Waals surface area contributed by atoms with Gasteiger partial charge in [0, 0.05) is 25.4 Å². The quantitative estimate of drug-likeness (QED) is 0.167.